The Hall–Kier alpha value is -3.08. The van der Waals surface area contributed by atoms with Gasteiger partial charge in [-0.25, -0.2) is 4.98 Å². The van der Waals surface area contributed by atoms with Crippen LogP contribution in [0.2, 0.25) is 0 Å². The molecule has 5 heteroatoms. The zero-order valence-electron chi connectivity index (χ0n) is 16.2. The van der Waals surface area contributed by atoms with Crippen LogP contribution in [-0.4, -0.2) is 16.1 Å². The third-order valence-electron chi connectivity index (χ3n) is 3.99. The van der Waals surface area contributed by atoms with E-state index >= 15 is 0 Å². The summed E-state index contributed by atoms with van der Waals surface area (Å²) in [5.74, 6) is 2.64. The van der Waals surface area contributed by atoms with Gasteiger partial charge in [0.05, 0.1) is 6.10 Å². The highest BCUT2D eigenvalue weighted by molar-refractivity contribution is 5.60. The molecule has 0 bridgehead atoms. The number of benzene rings is 2. The highest BCUT2D eigenvalue weighted by Crippen LogP contribution is 2.22. The highest BCUT2D eigenvalue weighted by Gasteiger charge is 2.04. The van der Waals surface area contributed by atoms with Crippen molar-refractivity contribution in [3.8, 4) is 5.75 Å². The zero-order chi connectivity index (χ0) is 19.2. The summed E-state index contributed by atoms with van der Waals surface area (Å²) in [6.45, 7) is 8.39. The second kappa shape index (κ2) is 8.54. The average Bonchev–Trinajstić information content (AvgIpc) is 2.64. The van der Waals surface area contributed by atoms with Crippen LogP contribution in [0.15, 0.2) is 60.8 Å². The van der Waals surface area contributed by atoms with Crippen LogP contribution in [0.4, 0.5) is 23.1 Å². The molecule has 0 amide bonds. The van der Waals surface area contributed by atoms with Crippen LogP contribution in [0.3, 0.4) is 0 Å². The maximum absolute atomic E-state index is 5.66. The minimum Gasteiger partial charge on any atom is -0.491 e. The minimum absolute atomic E-state index is 0.161. The van der Waals surface area contributed by atoms with Crippen LogP contribution in [0.5, 0.6) is 5.75 Å². The lowest BCUT2D eigenvalue weighted by Gasteiger charge is -2.12. The van der Waals surface area contributed by atoms with E-state index < -0.39 is 0 Å². The van der Waals surface area contributed by atoms with Crippen molar-refractivity contribution in [1.82, 2.24) is 9.97 Å². The van der Waals surface area contributed by atoms with Crippen molar-refractivity contribution in [3.05, 3.63) is 66.4 Å². The molecule has 0 saturated carbocycles. The first-order chi connectivity index (χ1) is 13.0. The fourth-order valence-corrected chi connectivity index (χ4v) is 2.61. The van der Waals surface area contributed by atoms with Gasteiger partial charge in [-0.05, 0) is 67.8 Å². The smallest absolute Gasteiger partial charge is 0.229 e. The van der Waals surface area contributed by atoms with Crippen LogP contribution in [0.25, 0.3) is 0 Å². The molecule has 3 rings (SSSR count). The summed E-state index contributed by atoms with van der Waals surface area (Å²) in [5.41, 5.74) is 3.21. The maximum atomic E-state index is 5.66. The molecule has 27 heavy (non-hydrogen) atoms. The molecular weight excluding hydrogens is 336 g/mol. The van der Waals surface area contributed by atoms with Crippen LogP contribution >= 0.6 is 0 Å². The van der Waals surface area contributed by atoms with Gasteiger partial charge >= 0.3 is 0 Å². The molecule has 0 saturated heterocycles. The lowest BCUT2D eigenvalue weighted by Crippen LogP contribution is -2.05. The Bertz CT molecular complexity index is 858. The van der Waals surface area contributed by atoms with Crippen LogP contribution < -0.4 is 15.4 Å². The molecule has 0 aliphatic rings. The molecule has 0 atom stereocenters. The van der Waals surface area contributed by atoms with Gasteiger partial charge in [-0.15, -0.1) is 0 Å². The van der Waals surface area contributed by atoms with E-state index in [9.17, 15) is 0 Å². The lowest BCUT2D eigenvalue weighted by molar-refractivity contribution is 0.242. The lowest BCUT2D eigenvalue weighted by atomic mass is 10.0. The maximum Gasteiger partial charge on any atom is 0.229 e. The van der Waals surface area contributed by atoms with Crippen LogP contribution in [-0.2, 0) is 0 Å². The molecule has 1 heterocycles. The van der Waals surface area contributed by atoms with Crippen molar-refractivity contribution in [2.24, 2.45) is 0 Å². The van der Waals surface area contributed by atoms with E-state index in [2.05, 4.69) is 46.6 Å². The van der Waals surface area contributed by atoms with Crippen molar-refractivity contribution in [2.45, 2.75) is 39.7 Å². The first kappa shape index (κ1) is 18.7. The number of nitrogens with one attached hydrogen (secondary N) is 2. The van der Waals surface area contributed by atoms with Gasteiger partial charge < -0.3 is 15.4 Å². The van der Waals surface area contributed by atoms with Crippen molar-refractivity contribution in [1.29, 1.82) is 0 Å². The topological polar surface area (TPSA) is 59.1 Å². The number of nitrogens with zero attached hydrogens (tertiary/aromatic N) is 2. The Morgan fingerprint density at radius 3 is 2.04 bits per heavy atom. The van der Waals surface area contributed by atoms with E-state index in [0.29, 0.717) is 11.9 Å². The summed E-state index contributed by atoms with van der Waals surface area (Å²) < 4.78 is 5.66. The third kappa shape index (κ3) is 5.45. The largest absolute Gasteiger partial charge is 0.491 e. The number of hydrogen-bond acceptors (Lipinski definition) is 5. The number of ether oxygens (including phenoxy) is 1. The van der Waals surface area contributed by atoms with E-state index in [4.69, 9.17) is 4.74 Å². The van der Waals surface area contributed by atoms with E-state index in [0.717, 1.165) is 22.9 Å². The van der Waals surface area contributed by atoms with Gasteiger partial charge in [0, 0.05) is 17.6 Å². The number of rotatable bonds is 7. The normalized spacial score (nSPS) is 10.9. The number of anilines is 4. The fourth-order valence-electron chi connectivity index (χ4n) is 2.61. The van der Waals surface area contributed by atoms with Crippen molar-refractivity contribution >= 4 is 23.1 Å². The van der Waals surface area contributed by atoms with E-state index in [1.807, 2.05) is 56.3 Å². The standard InChI is InChI=1S/C22H26N4O/c1-15(2)17-5-7-19(8-6-17)25-22-23-14-13-21(26-22)24-18-9-11-20(12-10-18)27-16(3)4/h5-16H,1-4H3,(H2,23,24,25,26). The molecule has 2 N–H and O–H groups in total. The van der Waals surface area contributed by atoms with Crippen molar-refractivity contribution in [2.75, 3.05) is 10.6 Å². The molecule has 0 aliphatic carbocycles. The monoisotopic (exact) mass is 362 g/mol. The van der Waals surface area contributed by atoms with Crippen molar-refractivity contribution in [3.63, 3.8) is 0 Å². The summed E-state index contributed by atoms with van der Waals surface area (Å²) in [5, 5.41) is 6.53. The van der Waals surface area contributed by atoms with Gasteiger partial charge in [0.2, 0.25) is 5.95 Å². The Morgan fingerprint density at radius 1 is 0.778 bits per heavy atom. The highest BCUT2D eigenvalue weighted by atomic mass is 16.5. The average molecular weight is 362 g/mol. The summed E-state index contributed by atoms with van der Waals surface area (Å²) in [6.07, 6.45) is 1.89. The quantitative estimate of drug-likeness (QED) is 0.550. The zero-order valence-corrected chi connectivity index (χ0v) is 16.2. The Labute approximate surface area is 160 Å². The SMILES string of the molecule is CC(C)Oc1ccc(Nc2ccnc(Nc3ccc(C(C)C)cc3)n2)cc1. The van der Waals surface area contributed by atoms with E-state index in [1.54, 1.807) is 6.20 Å². The first-order valence-corrected chi connectivity index (χ1v) is 9.23. The predicted molar refractivity (Wildman–Crippen MR) is 111 cm³/mol. The Kier molecular flexibility index (Phi) is 5.91. The fraction of sp³-hybridized carbons (Fsp3) is 0.273. The van der Waals surface area contributed by atoms with Gasteiger partial charge in [-0.2, -0.15) is 4.98 Å². The molecule has 0 aliphatic heterocycles. The molecule has 2 aromatic carbocycles. The Morgan fingerprint density at radius 2 is 1.41 bits per heavy atom. The molecule has 0 unspecified atom stereocenters. The summed E-state index contributed by atoms with van der Waals surface area (Å²) in [6, 6.07) is 18.0. The van der Waals surface area contributed by atoms with Gasteiger partial charge in [0.25, 0.3) is 0 Å². The molecule has 5 nitrogen and oxygen atoms in total. The summed E-state index contributed by atoms with van der Waals surface area (Å²) >= 11 is 0. The van der Waals surface area contributed by atoms with Gasteiger partial charge in [-0.1, -0.05) is 26.0 Å². The first-order valence-electron chi connectivity index (χ1n) is 9.23. The molecule has 1 aromatic heterocycles. The van der Waals surface area contributed by atoms with E-state index in [-0.39, 0.29) is 6.10 Å². The molecular formula is C22H26N4O. The minimum atomic E-state index is 0.161. The molecule has 0 spiro atoms. The molecule has 140 valence electrons. The summed E-state index contributed by atoms with van der Waals surface area (Å²) in [7, 11) is 0. The molecule has 0 radical (unpaired) electrons. The Balaban J connectivity index is 1.66. The second-order valence-electron chi connectivity index (χ2n) is 6.98. The summed E-state index contributed by atoms with van der Waals surface area (Å²) in [4.78, 5) is 8.83. The molecule has 0 fully saturated rings. The third-order valence-corrected chi connectivity index (χ3v) is 3.99. The molecule has 3 aromatic rings. The number of aromatic nitrogens is 2. The second-order valence-corrected chi connectivity index (χ2v) is 6.98. The van der Waals surface area contributed by atoms with Gasteiger partial charge in [0.1, 0.15) is 11.6 Å². The van der Waals surface area contributed by atoms with E-state index in [1.165, 1.54) is 5.56 Å². The van der Waals surface area contributed by atoms with Gasteiger partial charge in [-0.3, -0.25) is 0 Å². The number of hydrogen-bond donors (Lipinski definition) is 2. The van der Waals surface area contributed by atoms with Crippen LogP contribution in [0, 0.1) is 0 Å². The van der Waals surface area contributed by atoms with Crippen LogP contribution in [0.1, 0.15) is 39.2 Å². The van der Waals surface area contributed by atoms with Gasteiger partial charge in [0.15, 0.2) is 0 Å². The van der Waals surface area contributed by atoms with Crippen molar-refractivity contribution < 1.29 is 4.74 Å². The predicted octanol–water partition coefficient (Wildman–Crippen LogP) is 5.87.